The highest BCUT2D eigenvalue weighted by Gasteiger charge is 2.20. The van der Waals surface area contributed by atoms with Crippen LogP contribution >= 0.6 is 0 Å². The second-order valence-electron chi connectivity index (χ2n) is 3.92. The van der Waals surface area contributed by atoms with Gasteiger partial charge >= 0.3 is 0 Å². The first kappa shape index (κ1) is 14.2. The minimum Gasteiger partial charge on any atom is -0.329 e. The summed E-state index contributed by atoms with van der Waals surface area (Å²) in [6.07, 6.45) is 0.623. The molecule has 17 heavy (non-hydrogen) atoms. The Hall–Kier alpha value is -0.910. The van der Waals surface area contributed by atoms with Crippen LogP contribution in [0.25, 0.3) is 0 Å². The van der Waals surface area contributed by atoms with Crippen molar-refractivity contribution in [2.75, 3.05) is 18.8 Å². The number of sulfonamides is 1. The van der Waals surface area contributed by atoms with E-state index in [9.17, 15) is 8.42 Å². The number of nitrogens with two attached hydrogens (primary N) is 1. The molecule has 1 aromatic carbocycles. The molecule has 0 saturated carbocycles. The second-order valence-corrected chi connectivity index (χ2v) is 6.01. The third kappa shape index (κ3) is 4.46. The Morgan fingerprint density at radius 3 is 2.41 bits per heavy atom. The summed E-state index contributed by atoms with van der Waals surface area (Å²) in [5, 5.41) is 0. The second kappa shape index (κ2) is 6.74. The fraction of sp³-hybridized carbons (Fsp3) is 0.500. The van der Waals surface area contributed by atoms with E-state index in [4.69, 9.17) is 5.73 Å². The highest BCUT2D eigenvalue weighted by atomic mass is 32.2. The smallest absolute Gasteiger partial charge is 0.214 e. The molecule has 0 radical (unpaired) electrons. The number of nitrogens with zero attached hydrogens (tertiary/aromatic N) is 1. The zero-order valence-corrected chi connectivity index (χ0v) is 11.0. The predicted octanol–water partition coefficient (Wildman–Crippen LogP) is 1.19. The van der Waals surface area contributed by atoms with Gasteiger partial charge in [0.15, 0.2) is 0 Å². The third-order valence-corrected chi connectivity index (χ3v) is 4.46. The van der Waals surface area contributed by atoms with E-state index in [2.05, 4.69) is 0 Å². The van der Waals surface area contributed by atoms with Crippen molar-refractivity contribution < 1.29 is 8.42 Å². The Kier molecular flexibility index (Phi) is 5.61. The molecule has 4 nitrogen and oxygen atoms in total. The van der Waals surface area contributed by atoms with Gasteiger partial charge in [0.05, 0.1) is 5.75 Å². The highest BCUT2D eigenvalue weighted by molar-refractivity contribution is 7.89. The van der Waals surface area contributed by atoms with Gasteiger partial charge in [0.25, 0.3) is 0 Å². The van der Waals surface area contributed by atoms with Crippen molar-refractivity contribution in [3.8, 4) is 0 Å². The van der Waals surface area contributed by atoms with Crippen LogP contribution in [0.5, 0.6) is 0 Å². The molecule has 0 aliphatic rings. The zero-order valence-electron chi connectivity index (χ0n) is 10.2. The first-order valence-corrected chi connectivity index (χ1v) is 7.43. The first-order valence-electron chi connectivity index (χ1n) is 5.82. The van der Waals surface area contributed by atoms with Crippen LogP contribution in [0, 0.1) is 0 Å². The van der Waals surface area contributed by atoms with Crippen LogP contribution < -0.4 is 5.73 Å². The van der Waals surface area contributed by atoms with E-state index in [0.29, 0.717) is 26.1 Å². The molecule has 0 fully saturated rings. The van der Waals surface area contributed by atoms with Crippen molar-refractivity contribution in [1.82, 2.24) is 4.31 Å². The molecule has 0 spiro atoms. The molecule has 96 valence electrons. The average molecular weight is 256 g/mol. The molecule has 0 saturated heterocycles. The van der Waals surface area contributed by atoms with Crippen molar-refractivity contribution in [3.05, 3.63) is 35.9 Å². The average Bonchev–Trinajstić information content (AvgIpc) is 2.30. The van der Waals surface area contributed by atoms with E-state index in [0.717, 1.165) is 5.56 Å². The fourth-order valence-electron chi connectivity index (χ4n) is 1.63. The molecule has 0 atom stereocenters. The number of rotatable bonds is 7. The summed E-state index contributed by atoms with van der Waals surface area (Å²) in [5.41, 5.74) is 6.46. The lowest BCUT2D eigenvalue weighted by molar-refractivity contribution is 0.413. The summed E-state index contributed by atoms with van der Waals surface area (Å²) < 4.78 is 25.5. The predicted molar refractivity (Wildman–Crippen MR) is 70.0 cm³/mol. The van der Waals surface area contributed by atoms with Gasteiger partial charge in [0, 0.05) is 19.6 Å². The van der Waals surface area contributed by atoms with E-state index in [1.807, 2.05) is 37.3 Å². The summed E-state index contributed by atoms with van der Waals surface area (Å²) in [7, 11) is -3.18. The number of hydrogen-bond donors (Lipinski definition) is 1. The molecule has 0 aliphatic heterocycles. The van der Waals surface area contributed by atoms with E-state index < -0.39 is 10.0 Å². The van der Waals surface area contributed by atoms with Gasteiger partial charge in [-0.3, -0.25) is 0 Å². The van der Waals surface area contributed by atoms with Crippen LogP contribution in [0.15, 0.2) is 30.3 Å². The molecule has 1 aromatic rings. The number of benzene rings is 1. The maximum Gasteiger partial charge on any atom is 0.214 e. The van der Waals surface area contributed by atoms with Gasteiger partial charge in [-0.1, -0.05) is 37.3 Å². The summed E-state index contributed by atoms with van der Waals surface area (Å²) in [6.45, 7) is 2.98. The summed E-state index contributed by atoms with van der Waals surface area (Å²) in [5.74, 6) is 0.180. The van der Waals surface area contributed by atoms with E-state index in [-0.39, 0.29) is 5.75 Å². The Bertz CT molecular complexity index is 417. The van der Waals surface area contributed by atoms with E-state index in [1.54, 1.807) is 0 Å². The molecule has 0 aromatic heterocycles. The molecule has 0 amide bonds. The van der Waals surface area contributed by atoms with Gasteiger partial charge in [0.1, 0.15) is 0 Å². The van der Waals surface area contributed by atoms with Gasteiger partial charge in [-0.15, -0.1) is 0 Å². The maximum atomic E-state index is 12.0. The van der Waals surface area contributed by atoms with Crippen LogP contribution in [0.3, 0.4) is 0 Å². The maximum absolute atomic E-state index is 12.0. The van der Waals surface area contributed by atoms with Crippen LogP contribution in [0.2, 0.25) is 0 Å². The van der Waals surface area contributed by atoms with Crippen molar-refractivity contribution in [2.24, 2.45) is 5.73 Å². The molecular weight excluding hydrogens is 236 g/mol. The van der Waals surface area contributed by atoms with Crippen molar-refractivity contribution >= 4 is 10.0 Å². The van der Waals surface area contributed by atoms with Crippen LogP contribution in [0.1, 0.15) is 18.9 Å². The summed E-state index contributed by atoms with van der Waals surface area (Å²) in [4.78, 5) is 0. The van der Waals surface area contributed by atoms with Gasteiger partial charge in [-0.2, -0.15) is 4.31 Å². The fourth-order valence-corrected chi connectivity index (χ4v) is 3.14. The lowest BCUT2D eigenvalue weighted by Crippen LogP contribution is -2.36. The Morgan fingerprint density at radius 1 is 1.24 bits per heavy atom. The molecule has 0 aliphatic carbocycles. The SMILES string of the molecule is CCCS(=O)(=O)N(CCN)Cc1ccccc1. The first-order chi connectivity index (χ1) is 8.10. The van der Waals surface area contributed by atoms with Gasteiger partial charge in [0.2, 0.25) is 10.0 Å². The lowest BCUT2D eigenvalue weighted by Gasteiger charge is -2.21. The lowest BCUT2D eigenvalue weighted by atomic mass is 10.2. The Balaban J connectivity index is 2.80. The topological polar surface area (TPSA) is 63.4 Å². The normalized spacial score (nSPS) is 11.9. The van der Waals surface area contributed by atoms with Gasteiger partial charge in [-0.25, -0.2) is 8.42 Å². The largest absolute Gasteiger partial charge is 0.329 e. The molecule has 1 rings (SSSR count). The summed E-state index contributed by atoms with van der Waals surface area (Å²) in [6, 6.07) is 9.57. The van der Waals surface area contributed by atoms with Crippen LogP contribution in [-0.4, -0.2) is 31.6 Å². The van der Waals surface area contributed by atoms with Gasteiger partial charge < -0.3 is 5.73 Å². The van der Waals surface area contributed by atoms with Crippen molar-refractivity contribution in [3.63, 3.8) is 0 Å². The van der Waals surface area contributed by atoms with Crippen molar-refractivity contribution in [2.45, 2.75) is 19.9 Å². The molecule has 0 heterocycles. The Morgan fingerprint density at radius 2 is 1.88 bits per heavy atom. The van der Waals surface area contributed by atoms with E-state index >= 15 is 0 Å². The standard InChI is InChI=1S/C12H20N2O2S/c1-2-10-17(15,16)14(9-8-13)11-12-6-4-3-5-7-12/h3-7H,2,8-11,13H2,1H3. The minimum atomic E-state index is -3.18. The summed E-state index contributed by atoms with van der Waals surface area (Å²) >= 11 is 0. The van der Waals surface area contributed by atoms with Crippen LogP contribution in [0.4, 0.5) is 0 Å². The third-order valence-electron chi connectivity index (χ3n) is 2.44. The molecule has 2 N–H and O–H groups in total. The molecule has 0 bridgehead atoms. The molecular formula is C12H20N2O2S. The van der Waals surface area contributed by atoms with Gasteiger partial charge in [-0.05, 0) is 12.0 Å². The highest BCUT2D eigenvalue weighted by Crippen LogP contribution is 2.10. The van der Waals surface area contributed by atoms with E-state index in [1.165, 1.54) is 4.31 Å². The monoisotopic (exact) mass is 256 g/mol. The van der Waals surface area contributed by atoms with Crippen LogP contribution in [-0.2, 0) is 16.6 Å². The van der Waals surface area contributed by atoms with Crippen molar-refractivity contribution in [1.29, 1.82) is 0 Å². The minimum absolute atomic E-state index is 0.180. The molecule has 5 heteroatoms. The molecule has 0 unspecified atom stereocenters. The number of hydrogen-bond acceptors (Lipinski definition) is 3. The quantitative estimate of drug-likeness (QED) is 0.797. The Labute approximate surface area is 103 Å². The zero-order chi connectivity index (χ0) is 12.7.